The van der Waals surface area contributed by atoms with Crippen LogP contribution < -0.4 is 0 Å². The monoisotopic (exact) mass is 358 g/mol. The first-order valence-corrected chi connectivity index (χ1v) is 10.0. The van der Waals surface area contributed by atoms with E-state index < -0.39 is 0 Å². The summed E-state index contributed by atoms with van der Waals surface area (Å²) in [4.78, 5) is 19.2. The van der Waals surface area contributed by atoms with Gasteiger partial charge in [-0.25, -0.2) is 0 Å². The van der Waals surface area contributed by atoms with E-state index in [9.17, 15) is 4.79 Å². The van der Waals surface area contributed by atoms with Crippen LogP contribution >= 0.6 is 0 Å². The van der Waals surface area contributed by atoms with E-state index in [0.717, 1.165) is 57.9 Å². The van der Waals surface area contributed by atoms with Crippen LogP contribution in [0.1, 0.15) is 48.2 Å². The third-order valence-corrected chi connectivity index (χ3v) is 6.54. The first-order chi connectivity index (χ1) is 12.7. The quantitative estimate of drug-likeness (QED) is 0.812. The number of hydrogen-bond donors (Lipinski definition) is 0. The van der Waals surface area contributed by atoms with Crippen molar-refractivity contribution in [2.24, 2.45) is 17.3 Å². The SMILES string of the molecule is Cc1ccc(C(=O)N2C[C@@H]3CCC[C@]3(COCC3CCOCC3)C2)nc1. The maximum atomic E-state index is 12.9. The molecule has 3 aliphatic rings. The summed E-state index contributed by atoms with van der Waals surface area (Å²) in [6, 6.07) is 3.81. The Kier molecular flexibility index (Phi) is 5.28. The molecule has 1 aromatic heterocycles. The number of amides is 1. The van der Waals surface area contributed by atoms with E-state index >= 15 is 0 Å². The maximum absolute atomic E-state index is 12.9. The Hall–Kier alpha value is -1.46. The van der Waals surface area contributed by atoms with E-state index in [2.05, 4.69) is 4.98 Å². The van der Waals surface area contributed by atoms with Gasteiger partial charge in [0, 0.05) is 44.5 Å². The molecule has 3 heterocycles. The number of likely N-dealkylation sites (tertiary alicyclic amines) is 1. The lowest BCUT2D eigenvalue weighted by atomic mass is 9.81. The van der Waals surface area contributed by atoms with Gasteiger partial charge >= 0.3 is 0 Å². The Labute approximate surface area is 156 Å². The number of pyridine rings is 1. The van der Waals surface area contributed by atoms with E-state index in [1.807, 2.05) is 24.0 Å². The number of ether oxygens (including phenoxy) is 2. The zero-order chi connectivity index (χ0) is 18.0. The van der Waals surface area contributed by atoms with Crippen LogP contribution in [0.4, 0.5) is 0 Å². The summed E-state index contributed by atoms with van der Waals surface area (Å²) in [5, 5.41) is 0. The summed E-state index contributed by atoms with van der Waals surface area (Å²) in [5.74, 6) is 1.28. The molecule has 0 unspecified atom stereocenters. The highest BCUT2D eigenvalue weighted by Gasteiger charge is 2.51. The van der Waals surface area contributed by atoms with Gasteiger partial charge in [-0.1, -0.05) is 12.5 Å². The first-order valence-electron chi connectivity index (χ1n) is 10.0. The van der Waals surface area contributed by atoms with Crippen molar-refractivity contribution in [1.29, 1.82) is 0 Å². The van der Waals surface area contributed by atoms with Gasteiger partial charge in [0.25, 0.3) is 5.91 Å². The average molecular weight is 358 g/mol. The molecule has 0 spiro atoms. The number of carbonyl (C=O) groups is 1. The standard InChI is InChI=1S/C21H30N2O3/c1-16-4-5-19(22-11-16)20(24)23-12-18-3-2-8-21(18,14-23)15-26-13-17-6-9-25-10-7-17/h4-5,11,17-18H,2-3,6-10,12-15H2,1H3/t18-,21+/m0/s1. The number of hydrogen-bond acceptors (Lipinski definition) is 4. The second-order valence-electron chi connectivity index (χ2n) is 8.43. The van der Waals surface area contributed by atoms with Crippen LogP contribution in [0.2, 0.25) is 0 Å². The molecule has 2 saturated heterocycles. The molecule has 5 nitrogen and oxygen atoms in total. The molecule has 0 aromatic carbocycles. The van der Waals surface area contributed by atoms with Crippen molar-refractivity contribution in [1.82, 2.24) is 9.88 Å². The number of carbonyl (C=O) groups excluding carboxylic acids is 1. The van der Waals surface area contributed by atoms with E-state index in [1.54, 1.807) is 6.20 Å². The van der Waals surface area contributed by atoms with Crippen molar-refractivity contribution >= 4 is 5.91 Å². The molecule has 142 valence electrons. The van der Waals surface area contributed by atoms with E-state index in [1.165, 1.54) is 19.3 Å². The van der Waals surface area contributed by atoms with Gasteiger partial charge in [-0.05, 0) is 56.1 Å². The molecule has 5 heteroatoms. The lowest BCUT2D eigenvalue weighted by Crippen LogP contribution is -2.35. The second-order valence-corrected chi connectivity index (χ2v) is 8.43. The summed E-state index contributed by atoms with van der Waals surface area (Å²) < 4.78 is 11.6. The topological polar surface area (TPSA) is 51.7 Å². The predicted octanol–water partition coefficient (Wildman–Crippen LogP) is 3.08. The minimum Gasteiger partial charge on any atom is -0.381 e. The van der Waals surface area contributed by atoms with Crippen molar-refractivity contribution in [2.45, 2.75) is 39.0 Å². The summed E-state index contributed by atoms with van der Waals surface area (Å²) in [6.45, 7) is 7.04. The molecule has 2 atom stereocenters. The minimum absolute atomic E-state index is 0.0724. The van der Waals surface area contributed by atoms with Crippen LogP contribution in [-0.2, 0) is 9.47 Å². The van der Waals surface area contributed by atoms with Gasteiger partial charge in [-0.15, -0.1) is 0 Å². The number of aromatic nitrogens is 1. The molecule has 0 N–H and O–H groups in total. The van der Waals surface area contributed by atoms with Crippen LogP contribution in [0.3, 0.4) is 0 Å². The van der Waals surface area contributed by atoms with Crippen LogP contribution in [0.5, 0.6) is 0 Å². The summed E-state index contributed by atoms with van der Waals surface area (Å²) in [6.07, 6.45) is 7.65. The molecule has 3 fully saturated rings. The molecule has 26 heavy (non-hydrogen) atoms. The molecule has 0 bridgehead atoms. The van der Waals surface area contributed by atoms with E-state index in [-0.39, 0.29) is 11.3 Å². The van der Waals surface area contributed by atoms with Gasteiger partial charge in [0.2, 0.25) is 0 Å². The zero-order valence-corrected chi connectivity index (χ0v) is 15.8. The predicted molar refractivity (Wildman–Crippen MR) is 99.0 cm³/mol. The van der Waals surface area contributed by atoms with Gasteiger partial charge in [-0.3, -0.25) is 9.78 Å². The molecular formula is C21H30N2O3. The first kappa shape index (κ1) is 17.9. The summed E-state index contributed by atoms with van der Waals surface area (Å²) >= 11 is 0. The smallest absolute Gasteiger partial charge is 0.272 e. The Bertz CT molecular complexity index is 627. The lowest BCUT2D eigenvalue weighted by molar-refractivity contribution is -0.0123. The fraction of sp³-hybridized carbons (Fsp3) is 0.714. The number of nitrogens with zero attached hydrogens (tertiary/aromatic N) is 2. The van der Waals surface area contributed by atoms with E-state index in [0.29, 0.717) is 17.5 Å². The second kappa shape index (κ2) is 7.65. The third-order valence-electron chi connectivity index (χ3n) is 6.54. The van der Waals surface area contributed by atoms with Crippen molar-refractivity contribution in [3.05, 3.63) is 29.6 Å². The highest BCUT2D eigenvalue weighted by atomic mass is 16.5. The highest BCUT2D eigenvalue weighted by molar-refractivity contribution is 5.92. The Morgan fingerprint density at radius 1 is 1.35 bits per heavy atom. The van der Waals surface area contributed by atoms with Crippen LogP contribution in [0.25, 0.3) is 0 Å². The molecular weight excluding hydrogens is 328 g/mol. The van der Waals surface area contributed by atoms with Crippen molar-refractivity contribution in [3.8, 4) is 0 Å². The number of aryl methyl sites for hydroxylation is 1. The highest BCUT2D eigenvalue weighted by Crippen LogP contribution is 2.49. The molecule has 1 saturated carbocycles. The molecule has 1 amide bonds. The third kappa shape index (κ3) is 3.65. The molecule has 2 aliphatic heterocycles. The van der Waals surface area contributed by atoms with Crippen LogP contribution in [0.15, 0.2) is 18.3 Å². The zero-order valence-electron chi connectivity index (χ0n) is 15.8. The van der Waals surface area contributed by atoms with E-state index in [4.69, 9.17) is 9.47 Å². The molecule has 4 rings (SSSR count). The van der Waals surface area contributed by atoms with Gasteiger partial charge in [-0.2, -0.15) is 0 Å². The lowest BCUT2D eigenvalue weighted by Gasteiger charge is -2.30. The van der Waals surface area contributed by atoms with Gasteiger partial charge < -0.3 is 14.4 Å². The average Bonchev–Trinajstić information content (AvgIpc) is 3.20. The maximum Gasteiger partial charge on any atom is 0.272 e. The van der Waals surface area contributed by atoms with Crippen molar-refractivity contribution in [2.75, 3.05) is 39.5 Å². The molecule has 0 radical (unpaired) electrons. The number of rotatable bonds is 5. The molecule has 1 aliphatic carbocycles. The van der Waals surface area contributed by atoms with Gasteiger partial charge in [0.15, 0.2) is 0 Å². The Morgan fingerprint density at radius 3 is 2.96 bits per heavy atom. The Morgan fingerprint density at radius 2 is 2.19 bits per heavy atom. The Balaban J connectivity index is 1.36. The van der Waals surface area contributed by atoms with Crippen LogP contribution in [-0.4, -0.2) is 55.3 Å². The van der Waals surface area contributed by atoms with Crippen LogP contribution in [0, 0.1) is 24.2 Å². The van der Waals surface area contributed by atoms with Crippen molar-refractivity contribution in [3.63, 3.8) is 0 Å². The van der Waals surface area contributed by atoms with Crippen molar-refractivity contribution < 1.29 is 14.3 Å². The minimum atomic E-state index is 0.0724. The fourth-order valence-corrected chi connectivity index (χ4v) is 4.90. The van der Waals surface area contributed by atoms with Gasteiger partial charge in [0.05, 0.1) is 6.61 Å². The molecule has 1 aromatic rings. The normalized spacial score (nSPS) is 29.1. The fourth-order valence-electron chi connectivity index (χ4n) is 4.90. The largest absolute Gasteiger partial charge is 0.381 e. The number of fused-ring (bicyclic) bond motifs is 1. The van der Waals surface area contributed by atoms with Gasteiger partial charge in [0.1, 0.15) is 5.69 Å². The summed E-state index contributed by atoms with van der Waals surface area (Å²) in [5.41, 5.74) is 1.80. The summed E-state index contributed by atoms with van der Waals surface area (Å²) in [7, 11) is 0.